The number of sulfonamides is 1. The first-order chi connectivity index (χ1) is 12.9. The second kappa shape index (κ2) is 6.82. The SMILES string of the molecule is Cc1ccc2c(c1)Oc1cc(Cl)c(S(=O)(=O)N3CCCCC3)cc1C(=O)N2. The highest BCUT2D eigenvalue weighted by atomic mass is 35.5. The number of benzene rings is 2. The molecule has 8 heteroatoms. The van der Waals surface area contributed by atoms with Crippen molar-refractivity contribution in [3.05, 3.63) is 46.5 Å². The zero-order chi connectivity index (χ0) is 19.2. The number of carbonyl (C=O) groups is 1. The topological polar surface area (TPSA) is 75.7 Å². The molecule has 1 fully saturated rings. The van der Waals surface area contributed by atoms with E-state index in [4.69, 9.17) is 16.3 Å². The van der Waals surface area contributed by atoms with Crippen LogP contribution in [0.2, 0.25) is 5.02 Å². The van der Waals surface area contributed by atoms with Crippen LogP contribution in [-0.2, 0) is 10.0 Å². The smallest absolute Gasteiger partial charge is 0.259 e. The maximum absolute atomic E-state index is 13.0. The number of fused-ring (bicyclic) bond motifs is 2. The molecule has 0 unspecified atom stereocenters. The van der Waals surface area contributed by atoms with E-state index in [-0.39, 0.29) is 21.2 Å². The van der Waals surface area contributed by atoms with Gasteiger partial charge in [-0.15, -0.1) is 0 Å². The summed E-state index contributed by atoms with van der Waals surface area (Å²) < 4.78 is 33.3. The Hall–Kier alpha value is -2.09. The van der Waals surface area contributed by atoms with Gasteiger partial charge in [0.1, 0.15) is 10.6 Å². The summed E-state index contributed by atoms with van der Waals surface area (Å²) in [4.78, 5) is 12.6. The van der Waals surface area contributed by atoms with Crippen molar-refractivity contribution < 1.29 is 17.9 Å². The zero-order valence-corrected chi connectivity index (χ0v) is 16.4. The first-order valence-corrected chi connectivity index (χ1v) is 10.6. The van der Waals surface area contributed by atoms with Gasteiger partial charge in [-0.3, -0.25) is 4.79 Å². The Kier molecular flexibility index (Phi) is 4.61. The minimum atomic E-state index is -3.77. The molecule has 0 radical (unpaired) electrons. The fourth-order valence-corrected chi connectivity index (χ4v) is 5.40. The van der Waals surface area contributed by atoms with Crippen LogP contribution in [0.3, 0.4) is 0 Å². The molecule has 27 heavy (non-hydrogen) atoms. The molecule has 6 nitrogen and oxygen atoms in total. The van der Waals surface area contributed by atoms with Crippen LogP contribution in [-0.4, -0.2) is 31.7 Å². The summed E-state index contributed by atoms with van der Waals surface area (Å²) >= 11 is 6.31. The molecule has 142 valence electrons. The van der Waals surface area contributed by atoms with Gasteiger partial charge in [-0.2, -0.15) is 4.31 Å². The summed E-state index contributed by atoms with van der Waals surface area (Å²) in [6.45, 7) is 2.84. The fourth-order valence-electron chi connectivity index (χ4n) is 3.36. The highest BCUT2D eigenvalue weighted by Crippen LogP contribution is 2.40. The van der Waals surface area contributed by atoms with Crippen LogP contribution in [0.4, 0.5) is 5.69 Å². The van der Waals surface area contributed by atoms with Gasteiger partial charge in [0, 0.05) is 19.2 Å². The van der Waals surface area contributed by atoms with Gasteiger partial charge in [-0.05, 0) is 43.5 Å². The van der Waals surface area contributed by atoms with Gasteiger partial charge in [-0.25, -0.2) is 8.42 Å². The molecule has 2 aromatic rings. The molecular formula is C19H19ClN2O4S. The number of halogens is 1. The Morgan fingerprint density at radius 1 is 1.07 bits per heavy atom. The van der Waals surface area contributed by atoms with Crippen molar-refractivity contribution in [1.29, 1.82) is 0 Å². The minimum Gasteiger partial charge on any atom is -0.454 e. The maximum Gasteiger partial charge on any atom is 0.259 e. The van der Waals surface area contributed by atoms with Crippen molar-refractivity contribution in [2.24, 2.45) is 0 Å². The predicted octanol–water partition coefficient (Wildman–Crippen LogP) is 4.18. The quantitative estimate of drug-likeness (QED) is 0.811. The van der Waals surface area contributed by atoms with Crippen molar-refractivity contribution in [3.8, 4) is 11.5 Å². The van der Waals surface area contributed by atoms with E-state index in [2.05, 4.69) is 5.32 Å². The average molecular weight is 407 g/mol. The van der Waals surface area contributed by atoms with Crippen LogP contribution >= 0.6 is 11.6 Å². The molecule has 0 aliphatic carbocycles. The van der Waals surface area contributed by atoms with E-state index in [0.29, 0.717) is 24.5 Å². The Labute approximate surface area is 163 Å². The van der Waals surface area contributed by atoms with E-state index in [1.807, 2.05) is 13.0 Å². The first-order valence-electron chi connectivity index (χ1n) is 8.80. The molecule has 2 aliphatic heterocycles. The average Bonchev–Trinajstić information content (AvgIpc) is 2.77. The number of amides is 1. The standard InChI is InChI=1S/C19H19ClN2O4S/c1-12-5-6-15-17(9-12)26-16-11-14(20)18(10-13(16)19(23)21-15)27(24,25)22-7-3-2-4-8-22/h5-6,9-11H,2-4,7-8H2,1H3,(H,21,23). The molecule has 2 aliphatic rings. The predicted molar refractivity (Wildman–Crippen MR) is 103 cm³/mol. The summed E-state index contributed by atoms with van der Waals surface area (Å²) in [5, 5.41) is 2.81. The Balaban J connectivity index is 1.79. The molecular weight excluding hydrogens is 388 g/mol. The van der Waals surface area contributed by atoms with Gasteiger partial charge < -0.3 is 10.1 Å². The van der Waals surface area contributed by atoms with Gasteiger partial charge in [0.05, 0.1) is 16.3 Å². The third-order valence-corrected chi connectivity index (χ3v) is 7.18. The lowest BCUT2D eigenvalue weighted by molar-refractivity contribution is 0.102. The second-order valence-corrected chi connectivity index (χ2v) is 9.11. The van der Waals surface area contributed by atoms with Crippen molar-refractivity contribution in [3.63, 3.8) is 0 Å². The molecule has 0 aromatic heterocycles. The summed E-state index contributed by atoms with van der Waals surface area (Å²) in [5.41, 5.74) is 1.64. The fraction of sp³-hybridized carbons (Fsp3) is 0.316. The van der Waals surface area contributed by atoms with Crippen LogP contribution in [0.25, 0.3) is 0 Å². The largest absolute Gasteiger partial charge is 0.454 e. The van der Waals surface area contributed by atoms with Crippen LogP contribution in [0.1, 0.15) is 35.2 Å². The van der Waals surface area contributed by atoms with Gasteiger partial charge in [0.25, 0.3) is 5.91 Å². The number of hydrogen-bond acceptors (Lipinski definition) is 4. The highest BCUT2D eigenvalue weighted by Gasteiger charge is 2.31. The van der Waals surface area contributed by atoms with Crippen molar-refractivity contribution in [2.45, 2.75) is 31.1 Å². The second-order valence-electron chi connectivity index (χ2n) is 6.80. The molecule has 1 saturated heterocycles. The lowest BCUT2D eigenvalue weighted by Gasteiger charge is -2.26. The summed E-state index contributed by atoms with van der Waals surface area (Å²) in [6.07, 6.45) is 2.65. The van der Waals surface area contributed by atoms with E-state index in [1.165, 1.54) is 16.4 Å². The van der Waals surface area contributed by atoms with Crippen molar-refractivity contribution >= 4 is 33.2 Å². The lowest BCUT2D eigenvalue weighted by Crippen LogP contribution is -2.35. The molecule has 0 spiro atoms. The Morgan fingerprint density at radius 2 is 1.81 bits per heavy atom. The molecule has 4 rings (SSSR count). The summed E-state index contributed by atoms with van der Waals surface area (Å²) in [5.74, 6) is 0.295. The van der Waals surface area contributed by atoms with Crippen LogP contribution in [0.5, 0.6) is 11.5 Å². The lowest BCUT2D eigenvalue weighted by atomic mass is 10.2. The van der Waals surface area contributed by atoms with E-state index >= 15 is 0 Å². The van der Waals surface area contributed by atoms with Crippen molar-refractivity contribution in [1.82, 2.24) is 4.31 Å². The van der Waals surface area contributed by atoms with E-state index in [9.17, 15) is 13.2 Å². The third-order valence-electron chi connectivity index (χ3n) is 4.82. The number of ether oxygens (including phenoxy) is 1. The number of rotatable bonds is 2. The van der Waals surface area contributed by atoms with Crippen LogP contribution < -0.4 is 10.1 Å². The van der Waals surface area contributed by atoms with Gasteiger partial charge in [0.15, 0.2) is 5.75 Å². The molecule has 0 atom stereocenters. The number of anilines is 1. The summed E-state index contributed by atoms with van der Waals surface area (Å²) in [6, 6.07) is 8.14. The monoisotopic (exact) mass is 406 g/mol. The number of nitrogens with one attached hydrogen (secondary N) is 1. The molecule has 2 heterocycles. The first kappa shape index (κ1) is 18.3. The van der Waals surface area contributed by atoms with Crippen LogP contribution in [0, 0.1) is 6.92 Å². The van der Waals surface area contributed by atoms with E-state index in [0.717, 1.165) is 24.8 Å². The summed E-state index contributed by atoms with van der Waals surface area (Å²) in [7, 11) is -3.77. The Bertz CT molecular complexity index is 1030. The zero-order valence-electron chi connectivity index (χ0n) is 14.8. The molecule has 1 N–H and O–H groups in total. The van der Waals surface area contributed by atoms with Gasteiger partial charge in [0.2, 0.25) is 10.0 Å². The molecule has 1 amide bonds. The number of aryl methyl sites for hydroxylation is 1. The normalized spacial score (nSPS) is 17.3. The highest BCUT2D eigenvalue weighted by molar-refractivity contribution is 7.89. The van der Waals surface area contributed by atoms with Gasteiger partial charge >= 0.3 is 0 Å². The number of hydrogen-bond donors (Lipinski definition) is 1. The molecule has 0 saturated carbocycles. The number of nitrogens with zero attached hydrogens (tertiary/aromatic N) is 1. The maximum atomic E-state index is 13.0. The molecule has 2 aromatic carbocycles. The third kappa shape index (κ3) is 3.31. The Morgan fingerprint density at radius 3 is 2.56 bits per heavy atom. The van der Waals surface area contributed by atoms with Crippen molar-refractivity contribution in [2.75, 3.05) is 18.4 Å². The van der Waals surface area contributed by atoms with E-state index < -0.39 is 15.9 Å². The van der Waals surface area contributed by atoms with E-state index in [1.54, 1.807) is 12.1 Å². The number of piperidine rings is 1. The molecule has 0 bridgehead atoms. The van der Waals surface area contributed by atoms with Crippen LogP contribution in [0.15, 0.2) is 35.2 Å². The number of carbonyl (C=O) groups excluding carboxylic acids is 1. The van der Waals surface area contributed by atoms with Gasteiger partial charge in [-0.1, -0.05) is 24.1 Å². The minimum absolute atomic E-state index is 0.0447.